The van der Waals surface area contributed by atoms with Gasteiger partial charge in [-0.3, -0.25) is 0 Å². The molecule has 4 nitrogen and oxygen atoms in total. The summed E-state index contributed by atoms with van der Waals surface area (Å²) in [6.45, 7) is 12.4. The summed E-state index contributed by atoms with van der Waals surface area (Å²) >= 11 is 0. The van der Waals surface area contributed by atoms with Crippen molar-refractivity contribution in [2.24, 2.45) is 5.92 Å². The molecule has 2 atom stereocenters. The first kappa shape index (κ1) is 20.3. The normalized spacial score (nSPS) is 26.1. The average molecular weight is 399 g/mol. The van der Waals surface area contributed by atoms with E-state index in [0.29, 0.717) is 17.2 Å². The minimum atomic E-state index is -0.976. The Bertz CT molecular complexity index is 862. The Labute approximate surface area is 174 Å². The highest BCUT2D eigenvalue weighted by Gasteiger charge is 2.48. The van der Waals surface area contributed by atoms with Crippen LogP contribution in [0.2, 0.25) is 0 Å². The number of hydrogen-bond donors (Lipinski definition) is 0. The molecule has 0 amide bonds. The summed E-state index contributed by atoms with van der Waals surface area (Å²) in [5.74, 6) is 0.865. The SMILES string of the molecule is CCCCCc1cc2c(c3c1C(=O)OC(C)(C)O3)C1C=C(C)CCC1C(C)(C)O2. The molecule has 0 fully saturated rings. The van der Waals surface area contributed by atoms with E-state index in [0.717, 1.165) is 55.4 Å². The fourth-order valence-corrected chi connectivity index (χ4v) is 5.23. The molecule has 0 spiro atoms. The van der Waals surface area contributed by atoms with Gasteiger partial charge in [0.05, 0.1) is 0 Å². The van der Waals surface area contributed by atoms with Crippen molar-refractivity contribution in [1.29, 1.82) is 0 Å². The Morgan fingerprint density at radius 2 is 1.86 bits per heavy atom. The number of allylic oxidation sites excluding steroid dienone is 2. The minimum absolute atomic E-state index is 0.197. The molecule has 1 aliphatic carbocycles. The Morgan fingerprint density at radius 1 is 1.10 bits per heavy atom. The Hall–Kier alpha value is -1.97. The molecule has 4 heteroatoms. The number of rotatable bonds is 4. The van der Waals surface area contributed by atoms with Crippen molar-refractivity contribution >= 4 is 5.97 Å². The second kappa shape index (κ2) is 7.07. The smallest absolute Gasteiger partial charge is 0.345 e. The molecule has 2 unspecified atom stereocenters. The highest BCUT2D eigenvalue weighted by Crippen LogP contribution is 2.56. The van der Waals surface area contributed by atoms with Gasteiger partial charge in [-0.25, -0.2) is 4.79 Å². The number of unbranched alkanes of at least 4 members (excludes halogenated alkanes) is 2. The number of aryl methyl sites for hydroxylation is 1. The molecular weight excluding hydrogens is 364 g/mol. The first-order valence-electron chi connectivity index (χ1n) is 11.1. The summed E-state index contributed by atoms with van der Waals surface area (Å²) in [6, 6.07) is 2.09. The van der Waals surface area contributed by atoms with Gasteiger partial charge in [0.25, 0.3) is 0 Å². The number of esters is 1. The topological polar surface area (TPSA) is 44.8 Å². The van der Waals surface area contributed by atoms with Crippen LogP contribution in [0.4, 0.5) is 0 Å². The van der Waals surface area contributed by atoms with Crippen molar-refractivity contribution < 1.29 is 19.0 Å². The van der Waals surface area contributed by atoms with Crippen LogP contribution in [0.3, 0.4) is 0 Å². The van der Waals surface area contributed by atoms with Crippen molar-refractivity contribution in [2.45, 2.75) is 97.4 Å². The van der Waals surface area contributed by atoms with Crippen molar-refractivity contribution in [3.63, 3.8) is 0 Å². The Kier molecular flexibility index (Phi) is 4.95. The summed E-state index contributed by atoms with van der Waals surface area (Å²) in [7, 11) is 0. The molecule has 2 heterocycles. The maximum atomic E-state index is 13.0. The molecule has 2 aliphatic heterocycles. The van der Waals surface area contributed by atoms with E-state index >= 15 is 0 Å². The first-order valence-corrected chi connectivity index (χ1v) is 11.1. The summed E-state index contributed by atoms with van der Waals surface area (Å²) in [6.07, 6.45) is 8.67. The fourth-order valence-electron chi connectivity index (χ4n) is 5.23. The summed E-state index contributed by atoms with van der Waals surface area (Å²) in [4.78, 5) is 13.0. The standard InChI is InChI=1S/C25H34O4/c1-7-8-9-10-16-14-19-21(22-20(16)23(26)29-25(5,6)28-22)17-13-15(2)11-12-18(17)24(3,4)27-19/h13-14,17-18H,7-12H2,1-6H3. The second-order valence-corrected chi connectivity index (χ2v) is 9.89. The third-order valence-electron chi connectivity index (χ3n) is 6.65. The third kappa shape index (κ3) is 3.55. The van der Waals surface area contributed by atoms with Crippen LogP contribution in [-0.2, 0) is 11.2 Å². The van der Waals surface area contributed by atoms with E-state index in [1.807, 2.05) is 0 Å². The summed E-state index contributed by atoms with van der Waals surface area (Å²) in [5.41, 5.74) is 3.77. The second-order valence-electron chi connectivity index (χ2n) is 9.89. The average Bonchev–Trinajstić information content (AvgIpc) is 2.59. The van der Waals surface area contributed by atoms with Crippen LogP contribution < -0.4 is 9.47 Å². The molecule has 158 valence electrons. The number of benzene rings is 1. The van der Waals surface area contributed by atoms with E-state index in [-0.39, 0.29) is 17.5 Å². The minimum Gasteiger partial charge on any atom is -0.487 e. The number of carbonyl (C=O) groups is 1. The van der Waals surface area contributed by atoms with Crippen molar-refractivity contribution in [3.05, 3.63) is 34.4 Å². The molecule has 0 bridgehead atoms. The van der Waals surface area contributed by atoms with Gasteiger partial charge in [-0.2, -0.15) is 0 Å². The van der Waals surface area contributed by atoms with Gasteiger partial charge in [0.15, 0.2) is 0 Å². The Morgan fingerprint density at radius 3 is 2.59 bits per heavy atom. The first-order chi connectivity index (χ1) is 13.6. The van der Waals surface area contributed by atoms with Crippen LogP contribution >= 0.6 is 0 Å². The van der Waals surface area contributed by atoms with Crippen molar-refractivity contribution in [3.8, 4) is 11.5 Å². The lowest BCUT2D eigenvalue weighted by Gasteiger charge is -2.48. The van der Waals surface area contributed by atoms with E-state index in [9.17, 15) is 4.79 Å². The quantitative estimate of drug-likeness (QED) is 0.338. The van der Waals surface area contributed by atoms with E-state index in [2.05, 4.69) is 39.8 Å². The highest BCUT2D eigenvalue weighted by atomic mass is 16.7. The number of ether oxygens (including phenoxy) is 3. The maximum Gasteiger partial charge on any atom is 0.345 e. The highest BCUT2D eigenvalue weighted by molar-refractivity contribution is 5.96. The van der Waals surface area contributed by atoms with Crippen LogP contribution in [0.5, 0.6) is 11.5 Å². The van der Waals surface area contributed by atoms with Crippen LogP contribution in [0.1, 0.15) is 101 Å². The molecule has 0 N–H and O–H groups in total. The number of fused-ring (bicyclic) bond motifs is 5. The molecule has 1 aromatic carbocycles. The summed E-state index contributed by atoms with van der Waals surface area (Å²) < 4.78 is 18.5. The predicted octanol–water partition coefficient (Wildman–Crippen LogP) is 6.32. The summed E-state index contributed by atoms with van der Waals surface area (Å²) in [5, 5.41) is 0. The lowest BCUT2D eigenvalue weighted by Crippen LogP contribution is -2.46. The monoisotopic (exact) mass is 398 g/mol. The zero-order chi connectivity index (χ0) is 21.0. The molecular formula is C25H34O4. The zero-order valence-corrected chi connectivity index (χ0v) is 18.7. The lowest BCUT2D eigenvalue weighted by atomic mass is 9.67. The number of cyclic esters (lactones) is 1. The van der Waals surface area contributed by atoms with E-state index in [1.165, 1.54) is 5.57 Å². The third-order valence-corrected chi connectivity index (χ3v) is 6.65. The van der Waals surface area contributed by atoms with Crippen LogP contribution in [0.25, 0.3) is 0 Å². The maximum absolute atomic E-state index is 13.0. The van der Waals surface area contributed by atoms with Crippen molar-refractivity contribution in [2.75, 3.05) is 0 Å². The van der Waals surface area contributed by atoms with Gasteiger partial charge in [0.1, 0.15) is 22.7 Å². The van der Waals surface area contributed by atoms with Gasteiger partial charge in [0.2, 0.25) is 5.79 Å². The van der Waals surface area contributed by atoms with Crippen molar-refractivity contribution in [1.82, 2.24) is 0 Å². The van der Waals surface area contributed by atoms with Gasteiger partial charge in [-0.15, -0.1) is 0 Å². The Balaban J connectivity index is 1.92. The molecule has 1 aromatic rings. The van der Waals surface area contributed by atoms with Crippen LogP contribution in [0.15, 0.2) is 17.7 Å². The van der Waals surface area contributed by atoms with Gasteiger partial charge in [0, 0.05) is 31.2 Å². The van der Waals surface area contributed by atoms with E-state index < -0.39 is 5.79 Å². The predicted molar refractivity (Wildman–Crippen MR) is 114 cm³/mol. The van der Waals surface area contributed by atoms with Crippen LogP contribution in [0, 0.1) is 5.92 Å². The molecule has 3 aliphatic rings. The molecule has 4 rings (SSSR count). The van der Waals surface area contributed by atoms with Crippen LogP contribution in [-0.4, -0.2) is 17.4 Å². The van der Waals surface area contributed by atoms with Gasteiger partial charge in [-0.1, -0.05) is 31.4 Å². The molecule has 0 saturated carbocycles. The van der Waals surface area contributed by atoms with Gasteiger partial charge >= 0.3 is 5.97 Å². The van der Waals surface area contributed by atoms with Gasteiger partial charge in [-0.05, 0) is 58.1 Å². The van der Waals surface area contributed by atoms with Gasteiger partial charge < -0.3 is 14.2 Å². The number of hydrogen-bond acceptors (Lipinski definition) is 4. The molecule has 29 heavy (non-hydrogen) atoms. The molecule has 0 radical (unpaired) electrons. The van der Waals surface area contributed by atoms with E-state index in [1.54, 1.807) is 13.8 Å². The largest absolute Gasteiger partial charge is 0.487 e. The molecule has 0 saturated heterocycles. The molecule has 0 aromatic heterocycles. The van der Waals surface area contributed by atoms with E-state index in [4.69, 9.17) is 14.2 Å². The lowest BCUT2D eigenvalue weighted by molar-refractivity contribution is -0.128. The zero-order valence-electron chi connectivity index (χ0n) is 18.7. The number of carbonyl (C=O) groups excluding carboxylic acids is 1. The fraction of sp³-hybridized carbons (Fsp3) is 0.640.